The van der Waals surface area contributed by atoms with E-state index in [1.807, 2.05) is 4.90 Å². The highest BCUT2D eigenvalue weighted by Gasteiger charge is 2.42. The Bertz CT molecular complexity index is 460. The summed E-state index contributed by atoms with van der Waals surface area (Å²) in [4.78, 5) is 31.5. The summed E-state index contributed by atoms with van der Waals surface area (Å²) in [6.45, 7) is 7.49. The Morgan fingerprint density at radius 2 is 1.46 bits per heavy atom. The third-order valence-corrected chi connectivity index (χ3v) is 6.26. The molecule has 5 heteroatoms. The van der Waals surface area contributed by atoms with Gasteiger partial charge >= 0.3 is 0 Å². The molecule has 0 spiro atoms. The number of hydrogen-bond donors (Lipinski definition) is 0. The van der Waals surface area contributed by atoms with Crippen LogP contribution in [0.5, 0.6) is 0 Å². The molecule has 3 heterocycles. The summed E-state index contributed by atoms with van der Waals surface area (Å²) < 4.78 is 0. The first-order valence-corrected chi connectivity index (χ1v) is 9.91. The molecule has 3 atom stereocenters. The molecule has 3 saturated heterocycles. The molecule has 3 rings (SSSR count). The number of nitrogens with zero attached hydrogens (tertiary/aromatic N) is 3. The van der Waals surface area contributed by atoms with E-state index in [-0.39, 0.29) is 11.9 Å². The molecule has 0 bridgehead atoms. The summed E-state index contributed by atoms with van der Waals surface area (Å²) in [6, 6.07) is 0.622. The molecule has 3 fully saturated rings. The summed E-state index contributed by atoms with van der Waals surface area (Å²) in [7, 11) is 0. The molecule has 0 aromatic rings. The van der Waals surface area contributed by atoms with E-state index in [2.05, 4.69) is 16.7 Å². The first-order valence-electron chi connectivity index (χ1n) is 9.91. The van der Waals surface area contributed by atoms with Gasteiger partial charge in [-0.1, -0.05) is 12.8 Å². The highest BCUT2D eigenvalue weighted by atomic mass is 16.2. The second-order valence-electron chi connectivity index (χ2n) is 7.78. The van der Waals surface area contributed by atoms with Crippen molar-refractivity contribution >= 4 is 11.8 Å². The molecule has 0 aliphatic carbocycles. The van der Waals surface area contributed by atoms with E-state index in [1.165, 1.54) is 12.8 Å². The van der Waals surface area contributed by atoms with Crippen LogP contribution in [0.25, 0.3) is 0 Å². The Labute approximate surface area is 146 Å². The molecule has 0 N–H and O–H groups in total. The van der Waals surface area contributed by atoms with Gasteiger partial charge in [0.05, 0.1) is 6.04 Å². The first kappa shape index (κ1) is 17.7. The van der Waals surface area contributed by atoms with Crippen LogP contribution in [0, 0.1) is 0 Å². The number of carbonyl (C=O) groups excluding carboxylic acids is 2. The summed E-state index contributed by atoms with van der Waals surface area (Å²) in [5, 5.41) is 0. The summed E-state index contributed by atoms with van der Waals surface area (Å²) in [6.07, 6.45) is 9.23. The van der Waals surface area contributed by atoms with Gasteiger partial charge in [0.1, 0.15) is 0 Å². The average molecular weight is 335 g/mol. The molecule has 5 nitrogen and oxygen atoms in total. The van der Waals surface area contributed by atoms with Gasteiger partial charge in [0.25, 0.3) is 0 Å². The molecule has 0 aromatic heterocycles. The second kappa shape index (κ2) is 7.85. The zero-order valence-electron chi connectivity index (χ0n) is 15.4. The normalized spacial score (nSPS) is 30.4. The van der Waals surface area contributed by atoms with Crippen LogP contribution < -0.4 is 0 Å². The Morgan fingerprint density at radius 3 is 2.12 bits per heavy atom. The zero-order valence-corrected chi connectivity index (χ0v) is 15.4. The maximum Gasteiger partial charge on any atom is 0.239 e. The van der Waals surface area contributed by atoms with E-state index in [0.717, 1.165) is 64.7 Å². The Balaban J connectivity index is 1.67. The van der Waals surface area contributed by atoms with Crippen molar-refractivity contribution in [1.29, 1.82) is 0 Å². The van der Waals surface area contributed by atoms with Crippen molar-refractivity contribution in [3.05, 3.63) is 0 Å². The fraction of sp³-hybridized carbons (Fsp3) is 0.895. The quantitative estimate of drug-likeness (QED) is 0.794. The minimum Gasteiger partial charge on any atom is -0.341 e. The SMILES string of the molecule is CC(=O)N1CCCC1C1CCCN1C(C)C(=O)N1CCCCCC1. The van der Waals surface area contributed by atoms with Crippen LogP contribution in [0.4, 0.5) is 0 Å². The lowest BCUT2D eigenvalue weighted by Crippen LogP contribution is -2.54. The minimum atomic E-state index is -0.0509. The highest BCUT2D eigenvalue weighted by Crippen LogP contribution is 2.31. The molecule has 0 radical (unpaired) electrons. The van der Waals surface area contributed by atoms with E-state index in [4.69, 9.17) is 0 Å². The van der Waals surface area contributed by atoms with Gasteiger partial charge in [-0.05, 0) is 52.0 Å². The van der Waals surface area contributed by atoms with Crippen LogP contribution in [0.3, 0.4) is 0 Å². The van der Waals surface area contributed by atoms with Crippen LogP contribution in [-0.4, -0.2) is 70.8 Å². The van der Waals surface area contributed by atoms with E-state index in [0.29, 0.717) is 18.0 Å². The predicted octanol–water partition coefficient (Wildman–Crippen LogP) is 2.25. The van der Waals surface area contributed by atoms with Gasteiger partial charge in [0.2, 0.25) is 11.8 Å². The van der Waals surface area contributed by atoms with E-state index < -0.39 is 0 Å². The van der Waals surface area contributed by atoms with E-state index in [9.17, 15) is 9.59 Å². The average Bonchev–Trinajstić information content (AvgIpc) is 3.16. The molecule has 136 valence electrons. The molecule has 3 unspecified atom stereocenters. The molecular weight excluding hydrogens is 302 g/mol. The third-order valence-electron chi connectivity index (χ3n) is 6.26. The van der Waals surface area contributed by atoms with Crippen molar-refractivity contribution in [3.8, 4) is 0 Å². The highest BCUT2D eigenvalue weighted by molar-refractivity contribution is 5.81. The van der Waals surface area contributed by atoms with Gasteiger partial charge in [-0.3, -0.25) is 14.5 Å². The van der Waals surface area contributed by atoms with E-state index >= 15 is 0 Å². The number of amides is 2. The first-order chi connectivity index (χ1) is 11.6. The molecule has 24 heavy (non-hydrogen) atoms. The van der Waals surface area contributed by atoms with Crippen molar-refractivity contribution in [3.63, 3.8) is 0 Å². The smallest absolute Gasteiger partial charge is 0.239 e. The lowest BCUT2D eigenvalue weighted by molar-refractivity contribution is -0.137. The van der Waals surface area contributed by atoms with Crippen LogP contribution in [0.15, 0.2) is 0 Å². The molecule has 3 aliphatic rings. The van der Waals surface area contributed by atoms with Crippen molar-refractivity contribution in [2.24, 2.45) is 0 Å². The van der Waals surface area contributed by atoms with Crippen LogP contribution in [-0.2, 0) is 9.59 Å². The maximum absolute atomic E-state index is 13.0. The van der Waals surface area contributed by atoms with Crippen molar-refractivity contribution in [1.82, 2.24) is 14.7 Å². The number of carbonyl (C=O) groups is 2. The summed E-state index contributed by atoms with van der Waals surface area (Å²) in [5.41, 5.74) is 0. The lowest BCUT2D eigenvalue weighted by atomic mass is 10.0. The Morgan fingerprint density at radius 1 is 0.833 bits per heavy atom. The summed E-state index contributed by atoms with van der Waals surface area (Å²) >= 11 is 0. The van der Waals surface area contributed by atoms with Crippen LogP contribution in [0.1, 0.15) is 65.2 Å². The predicted molar refractivity (Wildman–Crippen MR) is 94.6 cm³/mol. The minimum absolute atomic E-state index is 0.0509. The van der Waals surface area contributed by atoms with Gasteiger partial charge in [0, 0.05) is 38.6 Å². The standard InChI is InChI=1S/C19H33N3O2/c1-15(19(24)20-11-5-3-4-6-12-20)21-13-7-9-17(21)18-10-8-14-22(18)16(2)23/h15,17-18H,3-14H2,1-2H3. The molecule has 0 aromatic carbocycles. The van der Waals surface area contributed by atoms with Crippen molar-refractivity contribution < 1.29 is 9.59 Å². The van der Waals surface area contributed by atoms with Crippen molar-refractivity contribution in [2.45, 2.75) is 83.3 Å². The molecule has 2 amide bonds. The summed E-state index contributed by atoms with van der Waals surface area (Å²) in [5.74, 6) is 0.493. The monoisotopic (exact) mass is 335 g/mol. The van der Waals surface area contributed by atoms with Crippen LogP contribution in [0.2, 0.25) is 0 Å². The van der Waals surface area contributed by atoms with Gasteiger partial charge in [-0.2, -0.15) is 0 Å². The molecule has 3 aliphatic heterocycles. The fourth-order valence-electron chi connectivity index (χ4n) is 4.99. The van der Waals surface area contributed by atoms with Gasteiger partial charge < -0.3 is 9.80 Å². The lowest BCUT2D eigenvalue weighted by Gasteiger charge is -2.38. The number of rotatable bonds is 3. The van der Waals surface area contributed by atoms with Gasteiger partial charge in [-0.25, -0.2) is 0 Å². The van der Waals surface area contributed by atoms with Crippen molar-refractivity contribution in [2.75, 3.05) is 26.2 Å². The van der Waals surface area contributed by atoms with Crippen LogP contribution >= 0.6 is 0 Å². The zero-order chi connectivity index (χ0) is 17.1. The van der Waals surface area contributed by atoms with Gasteiger partial charge in [-0.15, -0.1) is 0 Å². The third kappa shape index (κ3) is 3.61. The second-order valence-corrected chi connectivity index (χ2v) is 7.78. The number of hydrogen-bond acceptors (Lipinski definition) is 3. The Hall–Kier alpha value is -1.10. The molecule has 0 saturated carbocycles. The largest absolute Gasteiger partial charge is 0.341 e. The van der Waals surface area contributed by atoms with Gasteiger partial charge in [0.15, 0.2) is 0 Å². The van der Waals surface area contributed by atoms with E-state index in [1.54, 1.807) is 6.92 Å². The number of likely N-dealkylation sites (tertiary alicyclic amines) is 3. The topological polar surface area (TPSA) is 43.9 Å². The Kier molecular flexibility index (Phi) is 5.80. The maximum atomic E-state index is 13.0. The molecular formula is C19H33N3O2. The fourth-order valence-corrected chi connectivity index (χ4v) is 4.99.